The number of aliphatic hydroxyl groups excluding tert-OH is 1. The maximum absolute atomic E-state index is 11.4. The van der Waals surface area contributed by atoms with E-state index < -0.39 is 0 Å². The number of cyclic esters (lactones) is 1. The van der Waals surface area contributed by atoms with Crippen molar-refractivity contribution in [2.75, 3.05) is 6.61 Å². The molecular formula is C17H28O3. The van der Waals surface area contributed by atoms with Gasteiger partial charge in [-0.1, -0.05) is 44.3 Å². The fraction of sp³-hybridized carbons (Fsp3) is 0.706. The lowest BCUT2D eigenvalue weighted by Gasteiger charge is -2.00. The first-order valence-corrected chi connectivity index (χ1v) is 7.89. The lowest BCUT2D eigenvalue weighted by Crippen LogP contribution is -2.10. The second kappa shape index (κ2) is 10.7. The van der Waals surface area contributed by atoms with Crippen LogP contribution in [0.2, 0.25) is 0 Å². The first-order valence-electron chi connectivity index (χ1n) is 7.89. The Morgan fingerprint density at radius 3 is 2.25 bits per heavy atom. The third-order valence-corrected chi connectivity index (χ3v) is 3.69. The molecule has 3 nitrogen and oxygen atoms in total. The van der Waals surface area contributed by atoms with Crippen molar-refractivity contribution in [1.82, 2.24) is 0 Å². The molecule has 3 heteroatoms. The van der Waals surface area contributed by atoms with E-state index in [4.69, 9.17) is 9.84 Å². The third-order valence-electron chi connectivity index (χ3n) is 3.69. The first-order chi connectivity index (χ1) is 9.77. The summed E-state index contributed by atoms with van der Waals surface area (Å²) >= 11 is 0. The number of rotatable bonds is 11. The van der Waals surface area contributed by atoms with Gasteiger partial charge in [0.1, 0.15) is 6.10 Å². The van der Waals surface area contributed by atoms with Gasteiger partial charge in [-0.05, 0) is 25.7 Å². The highest BCUT2D eigenvalue weighted by Gasteiger charge is 2.27. The van der Waals surface area contributed by atoms with Crippen molar-refractivity contribution in [2.24, 2.45) is 0 Å². The lowest BCUT2D eigenvalue weighted by atomic mass is 10.1. The van der Waals surface area contributed by atoms with Crippen LogP contribution < -0.4 is 0 Å². The van der Waals surface area contributed by atoms with Crippen LogP contribution in [0, 0.1) is 0 Å². The topological polar surface area (TPSA) is 46.5 Å². The standard InChI is InChI=1S/C17H28O3/c1-2-3-4-5-6-7-8-9-10-11-12-15-13-16(14-18)20-17(15)19/h2,12,16,18H,1,3-11,13-14H2/b15-12+/t16-/m0/s1. The van der Waals surface area contributed by atoms with E-state index >= 15 is 0 Å². The quantitative estimate of drug-likeness (QED) is 0.270. The molecule has 0 aromatic heterocycles. The van der Waals surface area contributed by atoms with Crippen LogP contribution in [0.15, 0.2) is 24.3 Å². The van der Waals surface area contributed by atoms with Crippen LogP contribution in [0.25, 0.3) is 0 Å². The van der Waals surface area contributed by atoms with E-state index in [1.54, 1.807) is 0 Å². The zero-order valence-corrected chi connectivity index (χ0v) is 12.5. The summed E-state index contributed by atoms with van der Waals surface area (Å²) in [6.07, 6.45) is 15.2. The van der Waals surface area contributed by atoms with Crippen molar-refractivity contribution in [2.45, 2.75) is 70.3 Å². The van der Waals surface area contributed by atoms with Gasteiger partial charge >= 0.3 is 5.97 Å². The van der Waals surface area contributed by atoms with E-state index in [1.807, 2.05) is 12.2 Å². The van der Waals surface area contributed by atoms with E-state index in [0.717, 1.165) is 24.8 Å². The predicted molar refractivity (Wildman–Crippen MR) is 81.4 cm³/mol. The van der Waals surface area contributed by atoms with E-state index in [1.165, 1.54) is 38.5 Å². The van der Waals surface area contributed by atoms with Crippen molar-refractivity contribution in [3.05, 3.63) is 24.3 Å². The summed E-state index contributed by atoms with van der Waals surface area (Å²) < 4.78 is 5.00. The number of hydrogen-bond acceptors (Lipinski definition) is 3. The summed E-state index contributed by atoms with van der Waals surface area (Å²) in [5.74, 6) is -0.244. The number of ether oxygens (including phenoxy) is 1. The van der Waals surface area contributed by atoms with Crippen LogP contribution in [-0.2, 0) is 9.53 Å². The average Bonchev–Trinajstić information content (AvgIpc) is 2.81. The summed E-state index contributed by atoms with van der Waals surface area (Å²) in [6, 6.07) is 0. The summed E-state index contributed by atoms with van der Waals surface area (Å²) in [6.45, 7) is 3.65. The number of esters is 1. The van der Waals surface area contributed by atoms with E-state index in [-0.39, 0.29) is 18.7 Å². The maximum atomic E-state index is 11.4. The van der Waals surface area contributed by atoms with Crippen molar-refractivity contribution in [1.29, 1.82) is 0 Å². The van der Waals surface area contributed by atoms with E-state index in [2.05, 4.69) is 6.58 Å². The van der Waals surface area contributed by atoms with Gasteiger partial charge in [0, 0.05) is 12.0 Å². The molecule has 1 N–H and O–H groups in total. The minimum absolute atomic E-state index is 0.0745. The molecule has 1 aliphatic rings. The molecule has 0 saturated carbocycles. The van der Waals surface area contributed by atoms with Crippen LogP contribution in [-0.4, -0.2) is 23.8 Å². The number of allylic oxidation sites excluding steroid dienone is 2. The number of carbonyl (C=O) groups excluding carboxylic acids is 1. The predicted octanol–water partition coefficient (Wildman–Crippen LogP) is 3.92. The second-order valence-electron chi connectivity index (χ2n) is 5.48. The lowest BCUT2D eigenvalue weighted by molar-refractivity contribution is -0.140. The van der Waals surface area contributed by atoms with Gasteiger partial charge in [0.2, 0.25) is 0 Å². The molecule has 0 radical (unpaired) electrons. The number of hydrogen-bond donors (Lipinski definition) is 1. The Bertz CT molecular complexity index is 320. The molecule has 0 bridgehead atoms. The Morgan fingerprint density at radius 2 is 1.70 bits per heavy atom. The summed E-state index contributed by atoms with van der Waals surface area (Å²) in [5, 5.41) is 8.94. The van der Waals surface area contributed by atoms with Crippen LogP contribution in [0.4, 0.5) is 0 Å². The molecule has 114 valence electrons. The molecule has 1 fully saturated rings. The molecule has 1 heterocycles. The van der Waals surface area contributed by atoms with Gasteiger partial charge in [0.25, 0.3) is 0 Å². The Balaban J connectivity index is 1.97. The van der Waals surface area contributed by atoms with Gasteiger partial charge in [-0.25, -0.2) is 4.79 Å². The Morgan fingerprint density at radius 1 is 1.10 bits per heavy atom. The minimum atomic E-state index is -0.315. The van der Waals surface area contributed by atoms with Crippen LogP contribution in [0.3, 0.4) is 0 Å². The number of aliphatic hydroxyl groups is 1. The van der Waals surface area contributed by atoms with Crippen molar-refractivity contribution >= 4 is 5.97 Å². The van der Waals surface area contributed by atoms with Crippen LogP contribution in [0.1, 0.15) is 64.2 Å². The summed E-state index contributed by atoms with van der Waals surface area (Å²) in [7, 11) is 0. The smallest absolute Gasteiger partial charge is 0.334 e. The van der Waals surface area contributed by atoms with Crippen molar-refractivity contribution < 1.29 is 14.6 Å². The minimum Gasteiger partial charge on any atom is -0.456 e. The highest BCUT2D eigenvalue weighted by atomic mass is 16.6. The Hall–Kier alpha value is -1.09. The van der Waals surface area contributed by atoms with Gasteiger partial charge in [-0.15, -0.1) is 6.58 Å². The molecule has 0 unspecified atom stereocenters. The van der Waals surface area contributed by atoms with Gasteiger partial charge in [0.15, 0.2) is 0 Å². The first kappa shape index (κ1) is 17.0. The van der Waals surface area contributed by atoms with Gasteiger partial charge in [-0.2, -0.15) is 0 Å². The third kappa shape index (κ3) is 6.90. The normalized spacial score (nSPS) is 20.4. The number of unbranched alkanes of at least 4 members (excludes halogenated alkanes) is 8. The number of carbonyl (C=O) groups is 1. The molecule has 1 atom stereocenters. The highest BCUT2D eigenvalue weighted by Crippen LogP contribution is 2.21. The average molecular weight is 280 g/mol. The zero-order valence-electron chi connectivity index (χ0n) is 12.5. The molecule has 0 aromatic carbocycles. The van der Waals surface area contributed by atoms with E-state index in [9.17, 15) is 4.79 Å². The van der Waals surface area contributed by atoms with Crippen molar-refractivity contribution in [3.63, 3.8) is 0 Å². The Kier molecular flexibility index (Phi) is 9.05. The molecule has 20 heavy (non-hydrogen) atoms. The molecule has 0 amide bonds. The molecule has 1 saturated heterocycles. The molecule has 1 rings (SSSR count). The van der Waals surface area contributed by atoms with E-state index in [0.29, 0.717) is 6.42 Å². The second-order valence-corrected chi connectivity index (χ2v) is 5.48. The largest absolute Gasteiger partial charge is 0.456 e. The fourth-order valence-electron chi connectivity index (χ4n) is 2.46. The van der Waals surface area contributed by atoms with Gasteiger partial charge in [-0.3, -0.25) is 0 Å². The molecule has 0 aromatic rings. The maximum Gasteiger partial charge on any atom is 0.334 e. The fourth-order valence-corrected chi connectivity index (χ4v) is 2.46. The monoisotopic (exact) mass is 280 g/mol. The van der Waals surface area contributed by atoms with Crippen molar-refractivity contribution in [3.8, 4) is 0 Å². The summed E-state index contributed by atoms with van der Waals surface area (Å²) in [5.41, 5.74) is 0.744. The van der Waals surface area contributed by atoms with Gasteiger partial charge < -0.3 is 9.84 Å². The zero-order chi connectivity index (χ0) is 14.6. The summed E-state index contributed by atoms with van der Waals surface area (Å²) in [4.78, 5) is 11.4. The molecule has 0 spiro atoms. The Labute approximate surface area is 122 Å². The molecule has 1 aliphatic heterocycles. The molecule has 0 aliphatic carbocycles. The highest BCUT2D eigenvalue weighted by molar-refractivity contribution is 5.90. The molecular weight excluding hydrogens is 252 g/mol. The van der Waals surface area contributed by atoms with Crippen LogP contribution in [0.5, 0.6) is 0 Å². The van der Waals surface area contributed by atoms with Gasteiger partial charge in [0.05, 0.1) is 6.61 Å². The SMILES string of the molecule is C=CCCCCCCCCC/C=C1\C[C@@H](CO)OC1=O. The van der Waals surface area contributed by atoms with Crippen LogP contribution >= 0.6 is 0 Å².